The van der Waals surface area contributed by atoms with Crippen molar-refractivity contribution in [2.75, 3.05) is 11.4 Å². The molecule has 4 heteroatoms. The van der Waals surface area contributed by atoms with Crippen molar-refractivity contribution < 1.29 is 9.90 Å². The van der Waals surface area contributed by atoms with E-state index in [9.17, 15) is 9.90 Å². The van der Waals surface area contributed by atoms with Gasteiger partial charge in [-0.15, -0.1) is 0 Å². The molecule has 1 aromatic heterocycles. The highest BCUT2D eigenvalue weighted by Gasteiger charge is 2.29. The number of hydrogen-bond acceptors (Lipinski definition) is 3. The lowest BCUT2D eigenvalue weighted by atomic mass is 10.00. The summed E-state index contributed by atoms with van der Waals surface area (Å²) in [4.78, 5) is 18.1. The van der Waals surface area contributed by atoms with E-state index >= 15 is 0 Å². The zero-order valence-corrected chi connectivity index (χ0v) is 11.5. The number of anilines is 1. The maximum absolute atomic E-state index is 11.5. The summed E-state index contributed by atoms with van der Waals surface area (Å²) in [6.07, 6.45) is 2.74. The summed E-state index contributed by atoms with van der Waals surface area (Å²) in [6.45, 7) is 2.75. The molecule has 2 aromatic rings. The number of carbonyl (C=O) groups is 1. The van der Waals surface area contributed by atoms with Crippen LogP contribution in [0.25, 0.3) is 10.9 Å². The first-order valence-electron chi connectivity index (χ1n) is 7.02. The van der Waals surface area contributed by atoms with Gasteiger partial charge in [-0.05, 0) is 38.3 Å². The van der Waals surface area contributed by atoms with E-state index in [0.717, 1.165) is 41.7 Å². The van der Waals surface area contributed by atoms with Gasteiger partial charge in [-0.2, -0.15) is 0 Å². The molecule has 0 aliphatic carbocycles. The molecule has 1 aliphatic rings. The molecule has 3 rings (SSSR count). The molecule has 1 fully saturated rings. The minimum atomic E-state index is -0.733. The Morgan fingerprint density at radius 1 is 1.35 bits per heavy atom. The third kappa shape index (κ3) is 2.22. The molecule has 104 valence electrons. The lowest BCUT2D eigenvalue weighted by Gasteiger charge is -2.35. The maximum atomic E-state index is 11.5. The Kier molecular flexibility index (Phi) is 3.30. The number of piperidine rings is 1. The molecule has 4 nitrogen and oxygen atoms in total. The first-order valence-corrected chi connectivity index (χ1v) is 7.02. The summed E-state index contributed by atoms with van der Waals surface area (Å²) in [7, 11) is 0. The molecule has 1 aromatic carbocycles. The summed E-state index contributed by atoms with van der Waals surface area (Å²) in [5, 5.41) is 10.5. The number of benzene rings is 1. The van der Waals surface area contributed by atoms with Gasteiger partial charge in [0, 0.05) is 23.3 Å². The SMILES string of the molecule is Cc1cc(N2CCCCC2C(=O)O)c2ccccc2n1. The number of nitrogens with zero attached hydrogens (tertiary/aromatic N) is 2. The standard InChI is InChI=1S/C16H18N2O2/c1-11-10-15(12-6-2-3-7-13(12)17-11)18-9-5-4-8-14(18)16(19)20/h2-3,6-7,10,14H,4-5,8-9H2,1H3,(H,19,20). The first-order chi connectivity index (χ1) is 9.66. The Morgan fingerprint density at radius 3 is 2.95 bits per heavy atom. The average Bonchev–Trinajstić information content (AvgIpc) is 2.46. The van der Waals surface area contributed by atoms with Crippen LogP contribution in [-0.2, 0) is 4.79 Å². The summed E-state index contributed by atoms with van der Waals surface area (Å²) in [6, 6.07) is 9.51. The van der Waals surface area contributed by atoms with Gasteiger partial charge >= 0.3 is 5.97 Å². The minimum Gasteiger partial charge on any atom is -0.480 e. The quantitative estimate of drug-likeness (QED) is 0.911. The van der Waals surface area contributed by atoms with Crippen molar-refractivity contribution in [2.24, 2.45) is 0 Å². The predicted octanol–water partition coefficient (Wildman–Crippen LogP) is 2.99. The van der Waals surface area contributed by atoms with Gasteiger partial charge in [0.05, 0.1) is 5.52 Å². The molecule has 2 heterocycles. The van der Waals surface area contributed by atoms with E-state index in [1.807, 2.05) is 42.2 Å². The Hall–Kier alpha value is -2.10. The number of hydrogen-bond donors (Lipinski definition) is 1. The zero-order chi connectivity index (χ0) is 14.1. The van der Waals surface area contributed by atoms with Gasteiger partial charge in [0.25, 0.3) is 0 Å². The number of rotatable bonds is 2. The number of aryl methyl sites for hydroxylation is 1. The molecule has 0 spiro atoms. The zero-order valence-electron chi connectivity index (χ0n) is 11.5. The number of carboxylic acid groups (broad SMARTS) is 1. The molecule has 1 aliphatic heterocycles. The van der Waals surface area contributed by atoms with Crippen LogP contribution >= 0.6 is 0 Å². The molecule has 0 amide bonds. The summed E-state index contributed by atoms with van der Waals surface area (Å²) < 4.78 is 0. The third-order valence-corrected chi connectivity index (χ3v) is 3.92. The van der Waals surface area contributed by atoms with E-state index in [4.69, 9.17) is 0 Å². The number of aromatic nitrogens is 1. The first kappa shape index (κ1) is 12.9. The van der Waals surface area contributed by atoms with E-state index in [2.05, 4.69) is 4.98 Å². The number of carboxylic acids is 1. The van der Waals surface area contributed by atoms with Crippen molar-refractivity contribution in [3.8, 4) is 0 Å². The largest absolute Gasteiger partial charge is 0.480 e. The number of aliphatic carboxylic acids is 1. The van der Waals surface area contributed by atoms with Crippen LogP contribution in [-0.4, -0.2) is 28.6 Å². The van der Waals surface area contributed by atoms with Crippen LogP contribution in [0.5, 0.6) is 0 Å². The van der Waals surface area contributed by atoms with E-state index in [-0.39, 0.29) is 0 Å². The lowest BCUT2D eigenvalue weighted by Crippen LogP contribution is -2.44. The van der Waals surface area contributed by atoms with Crippen LogP contribution in [0.15, 0.2) is 30.3 Å². The van der Waals surface area contributed by atoms with Crippen LogP contribution in [0, 0.1) is 6.92 Å². The van der Waals surface area contributed by atoms with Gasteiger partial charge in [0.15, 0.2) is 0 Å². The van der Waals surface area contributed by atoms with Crippen molar-refractivity contribution in [1.82, 2.24) is 4.98 Å². The fraction of sp³-hybridized carbons (Fsp3) is 0.375. The smallest absolute Gasteiger partial charge is 0.326 e. The van der Waals surface area contributed by atoms with Crippen LogP contribution in [0.1, 0.15) is 25.0 Å². The second-order valence-corrected chi connectivity index (χ2v) is 5.34. The Bertz CT molecular complexity index is 654. The predicted molar refractivity (Wildman–Crippen MR) is 79.1 cm³/mol. The van der Waals surface area contributed by atoms with Gasteiger partial charge in [0.1, 0.15) is 6.04 Å². The molecular formula is C16H18N2O2. The van der Waals surface area contributed by atoms with Crippen molar-refractivity contribution in [2.45, 2.75) is 32.2 Å². The molecule has 0 bridgehead atoms. The van der Waals surface area contributed by atoms with E-state index in [1.165, 1.54) is 0 Å². The van der Waals surface area contributed by atoms with Gasteiger partial charge in [0.2, 0.25) is 0 Å². The lowest BCUT2D eigenvalue weighted by molar-refractivity contribution is -0.139. The minimum absolute atomic E-state index is 0.422. The van der Waals surface area contributed by atoms with Crippen molar-refractivity contribution in [3.63, 3.8) is 0 Å². The third-order valence-electron chi connectivity index (χ3n) is 3.92. The van der Waals surface area contributed by atoms with Crippen LogP contribution in [0.2, 0.25) is 0 Å². The topological polar surface area (TPSA) is 53.4 Å². The summed E-state index contributed by atoms with van der Waals surface area (Å²) in [5.74, 6) is -0.733. The van der Waals surface area contributed by atoms with Crippen molar-refractivity contribution in [3.05, 3.63) is 36.0 Å². The van der Waals surface area contributed by atoms with Crippen LogP contribution in [0.4, 0.5) is 5.69 Å². The fourth-order valence-electron chi connectivity index (χ4n) is 3.00. The summed E-state index contributed by atoms with van der Waals surface area (Å²) >= 11 is 0. The molecule has 1 unspecified atom stereocenters. The monoisotopic (exact) mass is 270 g/mol. The van der Waals surface area contributed by atoms with Gasteiger partial charge in [-0.25, -0.2) is 4.79 Å². The number of para-hydroxylation sites is 1. The average molecular weight is 270 g/mol. The van der Waals surface area contributed by atoms with Gasteiger partial charge < -0.3 is 10.0 Å². The Balaban J connectivity index is 2.14. The van der Waals surface area contributed by atoms with E-state index < -0.39 is 12.0 Å². The molecule has 1 N–H and O–H groups in total. The number of pyridine rings is 1. The highest BCUT2D eigenvalue weighted by molar-refractivity contribution is 5.94. The molecule has 0 saturated carbocycles. The second kappa shape index (κ2) is 5.12. The van der Waals surface area contributed by atoms with Crippen LogP contribution < -0.4 is 4.90 Å². The molecule has 20 heavy (non-hydrogen) atoms. The van der Waals surface area contributed by atoms with Gasteiger partial charge in [-0.1, -0.05) is 18.2 Å². The summed E-state index contributed by atoms with van der Waals surface area (Å²) in [5.41, 5.74) is 2.85. The van der Waals surface area contributed by atoms with E-state index in [0.29, 0.717) is 6.42 Å². The van der Waals surface area contributed by atoms with Crippen LogP contribution in [0.3, 0.4) is 0 Å². The van der Waals surface area contributed by atoms with Crippen molar-refractivity contribution >= 4 is 22.6 Å². The fourth-order valence-corrected chi connectivity index (χ4v) is 3.00. The molecule has 1 saturated heterocycles. The van der Waals surface area contributed by atoms with Crippen molar-refractivity contribution in [1.29, 1.82) is 0 Å². The maximum Gasteiger partial charge on any atom is 0.326 e. The van der Waals surface area contributed by atoms with Gasteiger partial charge in [-0.3, -0.25) is 4.98 Å². The highest BCUT2D eigenvalue weighted by atomic mass is 16.4. The highest BCUT2D eigenvalue weighted by Crippen LogP contribution is 2.31. The molecule has 1 atom stereocenters. The second-order valence-electron chi connectivity index (χ2n) is 5.34. The Labute approximate surface area is 118 Å². The molecule has 0 radical (unpaired) electrons. The Morgan fingerprint density at radius 2 is 2.15 bits per heavy atom. The molecular weight excluding hydrogens is 252 g/mol. The normalized spacial score (nSPS) is 19.2. The van der Waals surface area contributed by atoms with E-state index in [1.54, 1.807) is 0 Å². The number of fused-ring (bicyclic) bond motifs is 1.